The summed E-state index contributed by atoms with van der Waals surface area (Å²) in [6.07, 6.45) is 5.64. The van der Waals surface area contributed by atoms with Crippen LogP contribution >= 0.6 is 35.3 Å². The second-order valence-corrected chi connectivity index (χ2v) is 7.90. The Balaban J connectivity index is 0.00000261. The van der Waals surface area contributed by atoms with Gasteiger partial charge in [-0.2, -0.15) is 0 Å². The topological polar surface area (TPSA) is 80.0 Å². The first kappa shape index (κ1) is 22.1. The van der Waals surface area contributed by atoms with Crippen LogP contribution in [-0.2, 0) is 25.9 Å². The van der Waals surface area contributed by atoms with Crippen molar-refractivity contribution in [2.75, 3.05) is 13.1 Å². The van der Waals surface area contributed by atoms with E-state index in [1.54, 1.807) is 11.3 Å². The fourth-order valence-electron chi connectivity index (χ4n) is 3.12. The van der Waals surface area contributed by atoms with Gasteiger partial charge in [-0.25, -0.2) is 9.98 Å². The fourth-order valence-corrected chi connectivity index (χ4v) is 3.98. The summed E-state index contributed by atoms with van der Waals surface area (Å²) in [5.41, 5.74) is 1.10. The zero-order chi connectivity index (χ0) is 18.4. The van der Waals surface area contributed by atoms with E-state index in [1.165, 1.54) is 24.1 Å². The highest BCUT2D eigenvalue weighted by atomic mass is 127. The van der Waals surface area contributed by atoms with Crippen molar-refractivity contribution in [2.45, 2.75) is 66.0 Å². The van der Waals surface area contributed by atoms with Crippen molar-refractivity contribution in [3.63, 3.8) is 0 Å². The number of aliphatic imine (C=N–C) groups is 1. The Labute approximate surface area is 182 Å². The maximum atomic E-state index is 4.66. The molecule has 0 aliphatic carbocycles. The van der Waals surface area contributed by atoms with Gasteiger partial charge in [-0.1, -0.05) is 6.42 Å². The summed E-state index contributed by atoms with van der Waals surface area (Å²) in [5, 5.41) is 16.5. The van der Waals surface area contributed by atoms with Crippen LogP contribution in [0.2, 0.25) is 0 Å². The maximum absolute atomic E-state index is 4.66. The largest absolute Gasteiger partial charge is 0.357 e. The van der Waals surface area contributed by atoms with Crippen LogP contribution in [0.25, 0.3) is 0 Å². The number of fused-ring (bicyclic) bond motifs is 1. The van der Waals surface area contributed by atoms with Crippen LogP contribution < -0.4 is 10.6 Å². The second-order valence-electron chi connectivity index (χ2n) is 6.62. The summed E-state index contributed by atoms with van der Waals surface area (Å²) in [6, 6.07) is 0. The van der Waals surface area contributed by atoms with Crippen LogP contribution in [0, 0.1) is 13.8 Å². The number of nitrogens with zero attached hydrogens (tertiary/aromatic N) is 5. The van der Waals surface area contributed by atoms with Crippen molar-refractivity contribution in [3.05, 3.63) is 27.2 Å². The van der Waals surface area contributed by atoms with Crippen LogP contribution in [0.1, 0.15) is 53.4 Å². The van der Waals surface area contributed by atoms with Crippen molar-refractivity contribution in [3.8, 4) is 0 Å². The number of hydrogen-bond donors (Lipinski definition) is 2. The molecule has 9 heteroatoms. The molecular formula is C18H30IN7S. The molecule has 1 aliphatic rings. The smallest absolute Gasteiger partial charge is 0.191 e. The Morgan fingerprint density at radius 2 is 2.04 bits per heavy atom. The summed E-state index contributed by atoms with van der Waals surface area (Å²) >= 11 is 1.72. The molecule has 0 amide bonds. The summed E-state index contributed by atoms with van der Waals surface area (Å²) in [4.78, 5) is 10.5. The molecule has 2 N–H and O–H groups in total. The molecule has 0 saturated heterocycles. The van der Waals surface area contributed by atoms with E-state index < -0.39 is 0 Å². The predicted molar refractivity (Wildman–Crippen MR) is 121 cm³/mol. The van der Waals surface area contributed by atoms with Gasteiger partial charge < -0.3 is 15.2 Å². The van der Waals surface area contributed by atoms with Crippen LogP contribution in [0.4, 0.5) is 0 Å². The molecule has 1 aliphatic heterocycles. The number of rotatable bonds is 6. The highest BCUT2D eigenvalue weighted by Crippen LogP contribution is 2.17. The fraction of sp³-hybridized carbons (Fsp3) is 0.667. The number of nitrogens with one attached hydrogen (secondary N) is 2. The molecule has 0 fully saturated rings. The molecule has 0 saturated carbocycles. The molecule has 0 bridgehead atoms. The molecule has 7 nitrogen and oxygen atoms in total. The van der Waals surface area contributed by atoms with Gasteiger partial charge in [-0.3, -0.25) is 0 Å². The van der Waals surface area contributed by atoms with Gasteiger partial charge in [0.25, 0.3) is 0 Å². The third-order valence-electron chi connectivity index (χ3n) is 4.62. The Bertz CT molecular complexity index is 733. The lowest BCUT2D eigenvalue weighted by Gasteiger charge is -2.11. The van der Waals surface area contributed by atoms with E-state index in [0.29, 0.717) is 6.54 Å². The number of guanidine groups is 1. The molecule has 3 rings (SSSR count). The van der Waals surface area contributed by atoms with Gasteiger partial charge >= 0.3 is 0 Å². The minimum absolute atomic E-state index is 0. The molecule has 0 atom stereocenters. The molecular weight excluding hydrogens is 473 g/mol. The van der Waals surface area contributed by atoms with Crippen molar-refractivity contribution in [1.82, 2.24) is 30.4 Å². The van der Waals surface area contributed by atoms with Crippen LogP contribution in [0.5, 0.6) is 0 Å². The monoisotopic (exact) mass is 503 g/mol. The lowest BCUT2D eigenvalue weighted by Crippen LogP contribution is -2.38. The first-order chi connectivity index (χ1) is 12.7. The van der Waals surface area contributed by atoms with Gasteiger partial charge in [0.2, 0.25) is 0 Å². The van der Waals surface area contributed by atoms with Crippen LogP contribution in [-0.4, -0.2) is 38.8 Å². The molecule has 150 valence electrons. The molecule has 0 aromatic carbocycles. The minimum Gasteiger partial charge on any atom is -0.357 e. The summed E-state index contributed by atoms with van der Waals surface area (Å²) in [7, 11) is 0. The van der Waals surface area contributed by atoms with Gasteiger partial charge in [-0.15, -0.1) is 45.5 Å². The van der Waals surface area contributed by atoms with Crippen molar-refractivity contribution < 1.29 is 0 Å². The molecule has 27 heavy (non-hydrogen) atoms. The van der Waals surface area contributed by atoms with E-state index >= 15 is 0 Å². The first-order valence-electron chi connectivity index (χ1n) is 9.53. The number of halogens is 1. The van der Waals surface area contributed by atoms with Crippen molar-refractivity contribution in [2.24, 2.45) is 4.99 Å². The number of aryl methyl sites for hydroxylation is 3. The second kappa shape index (κ2) is 10.9. The van der Waals surface area contributed by atoms with E-state index in [2.05, 4.69) is 49.2 Å². The molecule has 2 aromatic heterocycles. The average molecular weight is 503 g/mol. The van der Waals surface area contributed by atoms with Crippen molar-refractivity contribution >= 4 is 41.3 Å². The normalized spacial score (nSPS) is 14.3. The summed E-state index contributed by atoms with van der Waals surface area (Å²) < 4.78 is 2.31. The molecule has 3 heterocycles. The van der Waals surface area contributed by atoms with E-state index in [4.69, 9.17) is 0 Å². The van der Waals surface area contributed by atoms with E-state index in [0.717, 1.165) is 60.8 Å². The third kappa shape index (κ3) is 6.13. The number of hydrogen-bond acceptors (Lipinski definition) is 5. The van der Waals surface area contributed by atoms with E-state index in [9.17, 15) is 0 Å². The first-order valence-corrected chi connectivity index (χ1v) is 10.3. The summed E-state index contributed by atoms with van der Waals surface area (Å²) in [5.74, 6) is 3.05. The number of aromatic nitrogens is 4. The maximum Gasteiger partial charge on any atom is 0.191 e. The highest BCUT2D eigenvalue weighted by Gasteiger charge is 2.14. The predicted octanol–water partition coefficient (Wildman–Crippen LogP) is 2.99. The van der Waals surface area contributed by atoms with Crippen LogP contribution in [0.3, 0.4) is 0 Å². The lowest BCUT2D eigenvalue weighted by molar-refractivity contribution is 0.600. The van der Waals surface area contributed by atoms with Gasteiger partial charge in [0, 0.05) is 37.4 Å². The molecule has 2 aromatic rings. The molecule has 0 radical (unpaired) electrons. The van der Waals surface area contributed by atoms with Crippen molar-refractivity contribution in [1.29, 1.82) is 0 Å². The Morgan fingerprint density at radius 3 is 2.78 bits per heavy atom. The summed E-state index contributed by atoms with van der Waals surface area (Å²) in [6.45, 7) is 9.51. The SMILES string of the molecule is CCNC(=NCc1nc(C)c(C)s1)NCCc1nnc2n1CCCCC2.I. The quantitative estimate of drug-likeness (QED) is 0.360. The Morgan fingerprint density at radius 1 is 1.19 bits per heavy atom. The van der Waals surface area contributed by atoms with E-state index in [1.807, 2.05) is 6.92 Å². The zero-order valence-electron chi connectivity index (χ0n) is 16.4. The number of thiazole rings is 1. The van der Waals surface area contributed by atoms with Gasteiger partial charge in [0.1, 0.15) is 16.7 Å². The van der Waals surface area contributed by atoms with Crippen LogP contribution in [0.15, 0.2) is 4.99 Å². The van der Waals surface area contributed by atoms with Gasteiger partial charge in [0.05, 0.1) is 12.2 Å². The average Bonchev–Trinajstić information content (AvgIpc) is 3.06. The Kier molecular flexibility index (Phi) is 8.94. The highest BCUT2D eigenvalue weighted by molar-refractivity contribution is 14.0. The van der Waals surface area contributed by atoms with Gasteiger partial charge in [0.15, 0.2) is 5.96 Å². The molecule has 0 spiro atoms. The van der Waals surface area contributed by atoms with E-state index in [-0.39, 0.29) is 24.0 Å². The molecule has 0 unspecified atom stereocenters. The van der Waals surface area contributed by atoms with Gasteiger partial charge in [-0.05, 0) is 33.6 Å². The lowest BCUT2D eigenvalue weighted by atomic mass is 10.2. The standard InChI is InChI=1S/C18H29N7S.HI/c1-4-19-18(21-12-17-22-13(2)14(3)26-17)20-10-9-16-24-23-15-8-6-5-7-11-25(15)16;/h4-12H2,1-3H3,(H2,19,20,21);1H. The third-order valence-corrected chi connectivity index (χ3v) is 5.67. The minimum atomic E-state index is 0. The Hall–Kier alpha value is -1.23. The zero-order valence-corrected chi connectivity index (χ0v) is 19.6.